The van der Waals surface area contributed by atoms with Crippen LogP contribution in [0.5, 0.6) is 0 Å². The molecule has 0 bridgehead atoms. The maximum atomic E-state index is 11.0. The quantitative estimate of drug-likeness (QED) is 0.469. The Labute approximate surface area is 79.7 Å². The van der Waals surface area contributed by atoms with Gasteiger partial charge in [-0.3, -0.25) is 4.79 Å². The largest absolute Gasteiger partial charge is 0.455 e. The Kier molecular flexibility index (Phi) is 5.39. The van der Waals surface area contributed by atoms with E-state index in [9.17, 15) is 4.79 Å². The van der Waals surface area contributed by atoms with Gasteiger partial charge in [-0.15, -0.1) is 0 Å². The molecule has 13 heavy (non-hydrogen) atoms. The summed E-state index contributed by atoms with van der Waals surface area (Å²) in [5.74, 6) is -0.210. The van der Waals surface area contributed by atoms with Crippen LogP contribution in [0, 0.1) is 0 Å². The van der Waals surface area contributed by atoms with Crippen molar-refractivity contribution in [3.05, 3.63) is 12.7 Å². The summed E-state index contributed by atoms with van der Waals surface area (Å²) in [4.78, 5) is 11.0. The molecule has 0 fully saturated rings. The van der Waals surface area contributed by atoms with Crippen LogP contribution >= 0.6 is 0 Å². The van der Waals surface area contributed by atoms with Gasteiger partial charge in [0.2, 0.25) is 0 Å². The van der Waals surface area contributed by atoms with Crippen molar-refractivity contribution in [3.63, 3.8) is 0 Å². The molecule has 0 heterocycles. The van der Waals surface area contributed by atoms with Gasteiger partial charge in [-0.05, 0) is 13.0 Å². The third kappa shape index (κ3) is 4.68. The van der Waals surface area contributed by atoms with Gasteiger partial charge in [-0.1, -0.05) is 13.5 Å². The van der Waals surface area contributed by atoms with Gasteiger partial charge in [-0.2, -0.15) is 0 Å². The van der Waals surface area contributed by atoms with Gasteiger partial charge in [-0.25, -0.2) is 0 Å². The SMILES string of the molecule is C=CC(C)(CCOC)OC(=O)CC. The molecule has 0 radical (unpaired) electrons. The van der Waals surface area contributed by atoms with Gasteiger partial charge in [0, 0.05) is 20.0 Å². The number of rotatable bonds is 6. The predicted molar refractivity (Wildman–Crippen MR) is 51.5 cm³/mol. The highest BCUT2D eigenvalue weighted by atomic mass is 16.6. The Morgan fingerprint density at radius 3 is 2.62 bits per heavy atom. The van der Waals surface area contributed by atoms with Gasteiger partial charge in [0.15, 0.2) is 0 Å². The Balaban J connectivity index is 4.10. The van der Waals surface area contributed by atoms with Crippen LogP contribution in [-0.2, 0) is 14.3 Å². The Morgan fingerprint density at radius 2 is 2.23 bits per heavy atom. The summed E-state index contributed by atoms with van der Waals surface area (Å²) in [6, 6.07) is 0. The first-order valence-electron chi connectivity index (χ1n) is 4.42. The Morgan fingerprint density at radius 1 is 1.62 bits per heavy atom. The summed E-state index contributed by atoms with van der Waals surface area (Å²) in [6.07, 6.45) is 2.66. The van der Waals surface area contributed by atoms with Crippen molar-refractivity contribution < 1.29 is 14.3 Å². The minimum Gasteiger partial charge on any atom is -0.455 e. The summed E-state index contributed by atoms with van der Waals surface area (Å²) in [7, 11) is 1.62. The number of carbonyl (C=O) groups excluding carboxylic acids is 1. The Hall–Kier alpha value is -0.830. The Bertz CT molecular complexity index is 177. The molecule has 0 aromatic heterocycles. The van der Waals surface area contributed by atoms with Gasteiger partial charge in [0.05, 0.1) is 6.61 Å². The standard InChI is InChI=1S/C10H18O3/c1-5-9(11)13-10(3,6-2)7-8-12-4/h6H,2,5,7-8H2,1,3-4H3. The molecule has 0 rings (SSSR count). The number of hydrogen-bond donors (Lipinski definition) is 0. The predicted octanol–water partition coefficient (Wildman–Crippen LogP) is 1.92. The van der Waals surface area contributed by atoms with E-state index < -0.39 is 5.60 Å². The molecule has 3 nitrogen and oxygen atoms in total. The third-order valence-corrected chi connectivity index (χ3v) is 1.87. The molecule has 3 heteroatoms. The highest BCUT2D eigenvalue weighted by Gasteiger charge is 2.23. The zero-order chi connectivity index (χ0) is 10.3. The number of methoxy groups -OCH3 is 1. The van der Waals surface area contributed by atoms with Crippen LogP contribution in [0.4, 0.5) is 0 Å². The van der Waals surface area contributed by atoms with Crippen LogP contribution in [-0.4, -0.2) is 25.3 Å². The molecular formula is C10H18O3. The average Bonchev–Trinajstić information content (AvgIpc) is 2.14. The van der Waals surface area contributed by atoms with Crippen LogP contribution in [0.3, 0.4) is 0 Å². The minimum absolute atomic E-state index is 0.210. The van der Waals surface area contributed by atoms with Crippen LogP contribution < -0.4 is 0 Å². The first-order chi connectivity index (χ1) is 6.08. The lowest BCUT2D eigenvalue weighted by molar-refractivity contribution is -0.154. The van der Waals surface area contributed by atoms with Gasteiger partial charge < -0.3 is 9.47 Å². The van der Waals surface area contributed by atoms with E-state index in [4.69, 9.17) is 9.47 Å². The average molecular weight is 186 g/mol. The van der Waals surface area contributed by atoms with E-state index in [1.807, 2.05) is 6.92 Å². The van der Waals surface area contributed by atoms with E-state index in [1.165, 1.54) is 0 Å². The highest BCUT2D eigenvalue weighted by Crippen LogP contribution is 2.17. The minimum atomic E-state index is -0.594. The fourth-order valence-corrected chi connectivity index (χ4v) is 0.832. The number of esters is 1. The molecule has 0 aromatic rings. The van der Waals surface area contributed by atoms with E-state index in [2.05, 4.69) is 6.58 Å². The lowest BCUT2D eigenvalue weighted by atomic mass is 10.0. The second-order valence-corrected chi connectivity index (χ2v) is 3.09. The van der Waals surface area contributed by atoms with Gasteiger partial charge >= 0.3 is 5.97 Å². The van der Waals surface area contributed by atoms with Crippen LogP contribution in [0.2, 0.25) is 0 Å². The van der Waals surface area contributed by atoms with E-state index in [0.717, 1.165) is 0 Å². The molecule has 0 spiro atoms. The molecule has 0 N–H and O–H groups in total. The molecule has 0 aliphatic carbocycles. The summed E-state index contributed by atoms with van der Waals surface area (Å²) < 4.78 is 10.1. The van der Waals surface area contributed by atoms with Crippen molar-refractivity contribution in [2.45, 2.75) is 32.3 Å². The van der Waals surface area contributed by atoms with Crippen molar-refractivity contribution >= 4 is 5.97 Å². The maximum absolute atomic E-state index is 11.0. The third-order valence-electron chi connectivity index (χ3n) is 1.87. The first-order valence-corrected chi connectivity index (χ1v) is 4.42. The van der Waals surface area contributed by atoms with E-state index in [0.29, 0.717) is 19.4 Å². The van der Waals surface area contributed by atoms with Crippen LogP contribution in [0.25, 0.3) is 0 Å². The van der Waals surface area contributed by atoms with Gasteiger partial charge in [0.25, 0.3) is 0 Å². The smallest absolute Gasteiger partial charge is 0.306 e. The molecule has 0 saturated heterocycles. The van der Waals surface area contributed by atoms with Crippen molar-refractivity contribution in [3.8, 4) is 0 Å². The van der Waals surface area contributed by atoms with Crippen LogP contribution in [0.15, 0.2) is 12.7 Å². The topological polar surface area (TPSA) is 35.5 Å². The fourth-order valence-electron chi connectivity index (χ4n) is 0.832. The van der Waals surface area contributed by atoms with Crippen molar-refractivity contribution in [1.29, 1.82) is 0 Å². The molecule has 0 aliphatic rings. The second-order valence-electron chi connectivity index (χ2n) is 3.09. The van der Waals surface area contributed by atoms with Gasteiger partial charge in [0.1, 0.15) is 5.60 Å². The number of carbonyl (C=O) groups is 1. The molecule has 1 unspecified atom stereocenters. The molecule has 0 amide bonds. The summed E-state index contributed by atoms with van der Waals surface area (Å²) in [5.41, 5.74) is -0.594. The second kappa shape index (κ2) is 5.75. The maximum Gasteiger partial charge on any atom is 0.306 e. The monoisotopic (exact) mass is 186 g/mol. The molecule has 0 aromatic carbocycles. The molecule has 76 valence electrons. The number of ether oxygens (including phenoxy) is 2. The first kappa shape index (κ1) is 12.2. The summed E-state index contributed by atoms with van der Waals surface area (Å²) >= 11 is 0. The lowest BCUT2D eigenvalue weighted by Gasteiger charge is -2.25. The van der Waals surface area contributed by atoms with Crippen molar-refractivity contribution in [2.75, 3.05) is 13.7 Å². The molecule has 0 saturated carbocycles. The fraction of sp³-hybridized carbons (Fsp3) is 0.700. The van der Waals surface area contributed by atoms with E-state index >= 15 is 0 Å². The van der Waals surface area contributed by atoms with E-state index in [-0.39, 0.29) is 5.97 Å². The van der Waals surface area contributed by atoms with Crippen molar-refractivity contribution in [2.24, 2.45) is 0 Å². The highest BCUT2D eigenvalue weighted by molar-refractivity contribution is 5.69. The zero-order valence-corrected chi connectivity index (χ0v) is 8.63. The summed E-state index contributed by atoms with van der Waals surface area (Å²) in [5, 5.41) is 0. The number of hydrogen-bond acceptors (Lipinski definition) is 3. The molecule has 0 aliphatic heterocycles. The lowest BCUT2D eigenvalue weighted by Crippen LogP contribution is -2.30. The zero-order valence-electron chi connectivity index (χ0n) is 8.63. The molecule has 1 atom stereocenters. The normalized spacial score (nSPS) is 14.7. The van der Waals surface area contributed by atoms with E-state index in [1.54, 1.807) is 20.1 Å². The summed E-state index contributed by atoms with van der Waals surface area (Å²) in [6.45, 7) is 7.79. The van der Waals surface area contributed by atoms with Crippen molar-refractivity contribution in [1.82, 2.24) is 0 Å². The molecular weight excluding hydrogens is 168 g/mol. The van der Waals surface area contributed by atoms with Crippen LogP contribution in [0.1, 0.15) is 26.7 Å².